The third-order valence-corrected chi connectivity index (χ3v) is 7.26. The molecule has 0 aromatic carbocycles. The van der Waals surface area contributed by atoms with E-state index in [1.165, 1.54) is 0 Å². The largest absolute Gasteiger partial charge is 0.481 e. The van der Waals surface area contributed by atoms with Gasteiger partial charge in [0.05, 0.1) is 22.8 Å². The number of rotatable bonds is 6. The van der Waals surface area contributed by atoms with Crippen LogP contribution in [0.3, 0.4) is 0 Å². The molecule has 8 bridgehead atoms. The van der Waals surface area contributed by atoms with E-state index >= 15 is 0 Å². The molecule has 5 heterocycles. The predicted octanol–water partition coefficient (Wildman–Crippen LogP) is 6.30. The zero-order valence-corrected chi connectivity index (χ0v) is 25.6. The SMILES string of the molecule is CC1=Cc2cc3[nH]c(cc4nc(cc5[nH]c(cc1n2)c(C)c5CCC(=O)O)C(CCC(=O)O)=C4C)cc3C.[Zn]. The van der Waals surface area contributed by atoms with Crippen LogP contribution in [-0.4, -0.2) is 42.1 Å². The van der Waals surface area contributed by atoms with E-state index < -0.39 is 11.9 Å². The zero-order chi connectivity index (χ0) is 27.1. The summed E-state index contributed by atoms with van der Waals surface area (Å²) in [5.74, 6) is -1.73. The number of nitrogens with zero attached hydrogens (tertiary/aromatic N) is 2. The molecule has 8 nitrogen and oxygen atoms in total. The third-order valence-electron chi connectivity index (χ3n) is 7.26. The number of allylic oxidation sites excluding steroid dienone is 3. The minimum Gasteiger partial charge on any atom is -0.481 e. The summed E-state index contributed by atoms with van der Waals surface area (Å²) in [6.07, 6.45) is 2.74. The van der Waals surface area contributed by atoms with E-state index in [1.54, 1.807) is 0 Å². The summed E-state index contributed by atoms with van der Waals surface area (Å²) in [7, 11) is 0. The number of nitrogens with one attached hydrogen (secondary N) is 2. The second kappa shape index (κ2) is 11.1. The summed E-state index contributed by atoms with van der Waals surface area (Å²) in [4.78, 5) is 39.5. The van der Waals surface area contributed by atoms with Gasteiger partial charge in [0.2, 0.25) is 0 Å². The Kier molecular flexibility index (Phi) is 8.02. The first kappa shape index (κ1) is 28.2. The van der Waals surface area contributed by atoms with E-state index in [4.69, 9.17) is 9.97 Å². The molecule has 0 atom stereocenters. The average Bonchev–Trinajstić information content (AvgIpc) is 3.53. The number of fused-ring (bicyclic) bond motifs is 8. The number of hydrogen-bond donors (Lipinski definition) is 4. The van der Waals surface area contributed by atoms with Crippen molar-refractivity contribution in [3.63, 3.8) is 0 Å². The van der Waals surface area contributed by atoms with Crippen LogP contribution in [0.1, 0.15) is 72.6 Å². The number of aromatic nitrogens is 4. The molecular weight excluding hydrogens is 546 g/mol. The van der Waals surface area contributed by atoms with Crippen molar-refractivity contribution in [3.8, 4) is 0 Å². The molecule has 2 aliphatic rings. The molecule has 196 valence electrons. The van der Waals surface area contributed by atoms with E-state index in [1.807, 2.05) is 58.0 Å². The van der Waals surface area contributed by atoms with Gasteiger partial charge in [0.1, 0.15) is 0 Å². The van der Waals surface area contributed by atoms with Crippen LogP contribution in [0.5, 0.6) is 0 Å². The van der Waals surface area contributed by atoms with Crippen molar-refractivity contribution in [1.82, 2.24) is 19.9 Å². The Morgan fingerprint density at radius 2 is 1.46 bits per heavy atom. The zero-order valence-electron chi connectivity index (χ0n) is 22.6. The molecule has 4 N–H and O–H groups in total. The number of aliphatic carboxylic acids is 2. The smallest absolute Gasteiger partial charge is 0.303 e. The number of hydrogen-bond acceptors (Lipinski definition) is 4. The Hall–Kier alpha value is -3.84. The second-order valence-electron chi connectivity index (χ2n) is 9.98. The van der Waals surface area contributed by atoms with Crippen molar-refractivity contribution >= 4 is 56.8 Å². The van der Waals surface area contributed by atoms with Crippen molar-refractivity contribution < 1.29 is 39.3 Å². The van der Waals surface area contributed by atoms with Gasteiger partial charge < -0.3 is 20.2 Å². The predicted molar refractivity (Wildman–Crippen MR) is 149 cm³/mol. The molecule has 39 heavy (non-hydrogen) atoms. The van der Waals surface area contributed by atoms with Crippen LogP contribution in [0.15, 0.2) is 30.3 Å². The third kappa shape index (κ3) is 5.78. The van der Waals surface area contributed by atoms with Gasteiger partial charge in [0, 0.05) is 54.4 Å². The first-order chi connectivity index (χ1) is 18.1. The fraction of sp³-hybridized carbons (Fsp3) is 0.267. The van der Waals surface area contributed by atoms with Gasteiger partial charge in [-0.15, -0.1) is 0 Å². The normalized spacial score (nSPS) is 12.8. The topological polar surface area (TPSA) is 132 Å². The van der Waals surface area contributed by atoms with E-state index in [-0.39, 0.29) is 32.3 Å². The van der Waals surface area contributed by atoms with Crippen molar-refractivity contribution in [1.29, 1.82) is 0 Å². The molecule has 0 saturated carbocycles. The Morgan fingerprint density at radius 3 is 2.18 bits per heavy atom. The van der Waals surface area contributed by atoms with Crippen LogP contribution < -0.4 is 0 Å². The molecule has 2 aliphatic heterocycles. The standard InChI is InChI=1S/C30H30N4O4.Zn/c1-15-9-20-12-25-17(3)21(5-7-29(35)36)27(33-25)14-28-22(6-8-30(37)38)18(4)26(34-28)13-24-16(2)10-19(32-24)11-23(15)31-20;/h9-14,31,34H,5-8H2,1-4H3,(H,35,36)(H,37,38);. The molecule has 0 unspecified atom stereocenters. The fourth-order valence-corrected chi connectivity index (χ4v) is 5.11. The molecule has 0 fully saturated rings. The van der Waals surface area contributed by atoms with Crippen LogP contribution in [0, 0.1) is 13.8 Å². The molecular formula is C30H30N4O4Zn. The van der Waals surface area contributed by atoms with E-state index in [0.717, 1.165) is 72.6 Å². The summed E-state index contributed by atoms with van der Waals surface area (Å²) in [6.45, 7) is 8.01. The Labute approximate surface area is 238 Å². The number of aryl methyl sites for hydroxylation is 3. The Balaban J connectivity index is 0.00000353. The Bertz CT molecular complexity index is 1730. The van der Waals surface area contributed by atoms with Gasteiger partial charge in [-0.2, -0.15) is 0 Å². The van der Waals surface area contributed by atoms with Gasteiger partial charge in [-0.05, 0) is 110 Å². The number of carboxylic acid groups (broad SMARTS) is 2. The van der Waals surface area contributed by atoms with Gasteiger partial charge in [-0.25, -0.2) is 9.97 Å². The van der Waals surface area contributed by atoms with E-state index in [0.29, 0.717) is 18.5 Å². The van der Waals surface area contributed by atoms with Gasteiger partial charge in [0.25, 0.3) is 0 Å². The Morgan fingerprint density at radius 1 is 0.769 bits per heavy atom. The average molecular weight is 576 g/mol. The number of carbonyl (C=O) groups is 2. The van der Waals surface area contributed by atoms with Gasteiger partial charge in [0.15, 0.2) is 0 Å². The van der Waals surface area contributed by atoms with Crippen molar-refractivity contribution in [2.45, 2.75) is 53.4 Å². The first-order valence-corrected chi connectivity index (χ1v) is 12.6. The molecule has 9 heteroatoms. The minimum atomic E-state index is -0.868. The molecule has 0 aliphatic carbocycles. The summed E-state index contributed by atoms with van der Waals surface area (Å²) in [5, 5.41) is 18.7. The van der Waals surface area contributed by atoms with Crippen molar-refractivity contribution in [2.24, 2.45) is 0 Å². The first-order valence-electron chi connectivity index (χ1n) is 12.6. The molecule has 0 spiro atoms. The molecule has 3 aromatic rings. The van der Waals surface area contributed by atoms with E-state index in [9.17, 15) is 19.8 Å². The summed E-state index contributed by atoms with van der Waals surface area (Å²) >= 11 is 0. The maximum absolute atomic E-state index is 11.4. The maximum atomic E-state index is 11.4. The number of H-pyrrole nitrogens is 2. The van der Waals surface area contributed by atoms with Gasteiger partial charge in [-0.1, -0.05) is 0 Å². The fourth-order valence-electron chi connectivity index (χ4n) is 5.11. The molecule has 0 amide bonds. The number of carboxylic acids is 2. The summed E-state index contributed by atoms with van der Waals surface area (Å²) in [6, 6.07) is 9.98. The monoisotopic (exact) mass is 574 g/mol. The van der Waals surface area contributed by atoms with E-state index in [2.05, 4.69) is 16.0 Å². The molecule has 0 saturated heterocycles. The van der Waals surface area contributed by atoms with Crippen LogP contribution in [0.4, 0.5) is 0 Å². The molecule has 3 aromatic heterocycles. The van der Waals surface area contributed by atoms with Gasteiger partial charge in [-0.3, -0.25) is 9.59 Å². The van der Waals surface area contributed by atoms with Crippen molar-refractivity contribution in [3.05, 3.63) is 69.8 Å². The second-order valence-corrected chi connectivity index (χ2v) is 9.98. The molecule has 0 radical (unpaired) electrons. The van der Waals surface area contributed by atoms with Gasteiger partial charge >= 0.3 is 11.9 Å². The quantitative estimate of drug-likeness (QED) is 0.255. The van der Waals surface area contributed by atoms with Crippen LogP contribution >= 0.6 is 0 Å². The number of aromatic amines is 2. The maximum Gasteiger partial charge on any atom is 0.303 e. The molecule has 5 rings (SSSR count). The van der Waals surface area contributed by atoms with Crippen LogP contribution in [0.25, 0.3) is 44.9 Å². The van der Waals surface area contributed by atoms with Crippen molar-refractivity contribution in [2.75, 3.05) is 0 Å². The van der Waals surface area contributed by atoms with Crippen LogP contribution in [-0.2, 0) is 35.5 Å². The minimum absolute atomic E-state index is 0. The summed E-state index contributed by atoms with van der Waals surface area (Å²) < 4.78 is 0. The van der Waals surface area contributed by atoms with Crippen LogP contribution in [0.2, 0.25) is 0 Å². The summed E-state index contributed by atoms with van der Waals surface area (Å²) in [5.41, 5.74) is 12.4.